The summed E-state index contributed by atoms with van der Waals surface area (Å²) in [4.78, 5) is 16.1. The minimum absolute atomic E-state index is 0.0883. The number of amides is 1. The van der Waals surface area contributed by atoms with Crippen LogP contribution in [0.3, 0.4) is 0 Å². The van der Waals surface area contributed by atoms with Crippen LogP contribution in [-0.4, -0.2) is 15.5 Å². The molecule has 23 heavy (non-hydrogen) atoms. The molecule has 0 aliphatic heterocycles. The number of aromatic amines is 1. The van der Waals surface area contributed by atoms with Gasteiger partial charge >= 0.3 is 0 Å². The molecule has 2 N–H and O–H groups in total. The van der Waals surface area contributed by atoms with Crippen LogP contribution in [0.5, 0.6) is 0 Å². The van der Waals surface area contributed by atoms with E-state index in [-0.39, 0.29) is 5.91 Å². The SMILES string of the molecule is Cc1[nH]c2ccccc2c1NC(=O)c1cccc2c1ccn2C. The van der Waals surface area contributed by atoms with E-state index < -0.39 is 0 Å². The summed E-state index contributed by atoms with van der Waals surface area (Å²) in [6.45, 7) is 1.97. The van der Waals surface area contributed by atoms with Crippen LogP contribution in [0.4, 0.5) is 5.69 Å². The lowest BCUT2D eigenvalue weighted by molar-refractivity contribution is 0.102. The van der Waals surface area contributed by atoms with Gasteiger partial charge in [-0.3, -0.25) is 4.79 Å². The lowest BCUT2D eigenvalue weighted by atomic mass is 10.1. The monoisotopic (exact) mass is 303 g/mol. The zero-order chi connectivity index (χ0) is 16.0. The quantitative estimate of drug-likeness (QED) is 0.572. The molecular formula is C19H17N3O. The Bertz CT molecular complexity index is 1040. The normalized spacial score (nSPS) is 11.2. The van der Waals surface area contributed by atoms with Gasteiger partial charge in [-0.05, 0) is 31.2 Å². The van der Waals surface area contributed by atoms with Crippen LogP contribution in [0.1, 0.15) is 16.1 Å². The van der Waals surface area contributed by atoms with Gasteiger partial charge in [-0.2, -0.15) is 0 Å². The molecule has 0 saturated heterocycles. The number of H-pyrrole nitrogens is 1. The second-order valence-electron chi connectivity index (χ2n) is 5.79. The van der Waals surface area contributed by atoms with E-state index in [1.54, 1.807) is 0 Å². The van der Waals surface area contributed by atoms with Gasteiger partial charge in [-0.1, -0.05) is 24.3 Å². The second-order valence-corrected chi connectivity index (χ2v) is 5.79. The molecule has 0 atom stereocenters. The van der Waals surface area contributed by atoms with Gasteiger partial charge in [0, 0.05) is 46.3 Å². The van der Waals surface area contributed by atoms with Crippen LogP contribution in [0.2, 0.25) is 0 Å². The predicted octanol–water partition coefficient (Wildman–Crippen LogP) is 4.22. The Morgan fingerprint density at radius 1 is 1.04 bits per heavy atom. The first-order chi connectivity index (χ1) is 11.1. The summed E-state index contributed by atoms with van der Waals surface area (Å²) in [5.74, 6) is -0.0883. The van der Waals surface area contributed by atoms with Crippen LogP contribution >= 0.6 is 0 Å². The Labute approximate surface area is 133 Å². The Balaban J connectivity index is 1.78. The molecule has 0 saturated carbocycles. The maximum absolute atomic E-state index is 12.8. The fourth-order valence-electron chi connectivity index (χ4n) is 3.12. The summed E-state index contributed by atoms with van der Waals surface area (Å²) in [5, 5.41) is 5.06. The molecule has 0 unspecified atom stereocenters. The number of rotatable bonds is 2. The average Bonchev–Trinajstić information content (AvgIpc) is 3.08. The summed E-state index contributed by atoms with van der Waals surface area (Å²) < 4.78 is 2.02. The molecule has 0 bridgehead atoms. The van der Waals surface area contributed by atoms with E-state index in [0.717, 1.165) is 33.2 Å². The number of hydrogen-bond acceptors (Lipinski definition) is 1. The number of anilines is 1. The Hall–Kier alpha value is -3.01. The molecule has 0 radical (unpaired) electrons. The van der Waals surface area contributed by atoms with Crippen molar-refractivity contribution in [2.75, 3.05) is 5.32 Å². The summed E-state index contributed by atoms with van der Waals surface area (Å²) in [5.41, 5.74) is 4.57. The molecule has 1 amide bonds. The van der Waals surface area contributed by atoms with E-state index in [9.17, 15) is 4.79 Å². The Morgan fingerprint density at radius 3 is 2.74 bits per heavy atom. The van der Waals surface area contributed by atoms with Crippen molar-refractivity contribution < 1.29 is 4.79 Å². The smallest absolute Gasteiger partial charge is 0.256 e. The molecule has 0 fully saturated rings. The van der Waals surface area contributed by atoms with Crippen molar-refractivity contribution in [3.05, 3.63) is 66.0 Å². The Kier molecular flexibility index (Phi) is 2.98. The van der Waals surface area contributed by atoms with E-state index in [2.05, 4.69) is 10.3 Å². The number of nitrogens with one attached hydrogen (secondary N) is 2. The number of benzene rings is 2. The molecule has 0 aliphatic rings. The molecule has 2 aromatic heterocycles. The van der Waals surface area contributed by atoms with Crippen LogP contribution in [-0.2, 0) is 7.05 Å². The van der Waals surface area contributed by atoms with Crippen molar-refractivity contribution in [2.45, 2.75) is 6.92 Å². The first-order valence-corrected chi connectivity index (χ1v) is 7.58. The summed E-state index contributed by atoms with van der Waals surface area (Å²) in [6, 6.07) is 15.8. The minimum Gasteiger partial charge on any atom is -0.357 e. The van der Waals surface area contributed by atoms with Gasteiger partial charge in [-0.15, -0.1) is 0 Å². The highest BCUT2D eigenvalue weighted by atomic mass is 16.1. The average molecular weight is 303 g/mol. The highest BCUT2D eigenvalue weighted by Crippen LogP contribution is 2.28. The molecule has 114 valence electrons. The number of carbonyl (C=O) groups excluding carboxylic acids is 1. The third-order valence-electron chi connectivity index (χ3n) is 4.30. The van der Waals surface area contributed by atoms with Gasteiger partial charge < -0.3 is 14.9 Å². The first-order valence-electron chi connectivity index (χ1n) is 7.58. The number of nitrogens with zero attached hydrogens (tertiary/aromatic N) is 1. The van der Waals surface area contributed by atoms with Crippen molar-refractivity contribution in [3.8, 4) is 0 Å². The number of fused-ring (bicyclic) bond motifs is 2. The van der Waals surface area contributed by atoms with E-state index >= 15 is 0 Å². The molecule has 0 spiro atoms. The molecular weight excluding hydrogens is 286 g/mol. The summed E-state index contributed by atoms with van der Waals surface area (Å²) in [6.07, 6.45) is 1.97. The van der Waals surface area contributed by atoms with Crippen molar-refractivity contribution >= 4 is 33.4 Å². The van der Waals surface area contributed by atoms with Gasteiger partial charge in [0.15, 0.2) is 0 Å². The number of aromatic nitrogens is 2. The fraction of sp³-hybridized carbons (Fsp3) is 0.105. The van der Waals surface area contributed by atoms with Gasteiger partial charge in [0.2, 0.25) is 0 Å². The third-order valence-corrected chi connectivity index (χ3v) is 4.30. The zero-order valence-corrected chi connectivity index (χ0v) is 13.1. The van der Waals surface area contributed by atoms with Gasteiger partial charge in [-0.25, -0.2) is 0 Å². The van der Waals surface area contributed by atoms with Crippen LogP contribution in [0, 0.1) is 6.92 Å². The van der Waals surface area contributed by atoms with Crippen LogP contribution in [0.15, 0.2) is 54.7 Å². The summed E-state index contributed by atoms with van der Waals surface area (Å²) >= 11 is 0. The zero-order valence-electron chi connectivity index (χ0n) is 13.1. The first kappa shape index (κ1) is 13.6. The van der Waals surface area contributed by atoms with Crippen LogP contribution in [0.25, 0.3) is 21.8 Å². The topological polar surface area (TPSA) is 49.8 Å². The molecule has 4 nitrogen and oxygen atoms in total. The number of carbonyl (C=O) groups is 1. The highest BCUT2D eigenvalue weighted by molar-refractivity contribution is 6.15. The lowest BCUT2D eigenvalue weighted by Gasteiger charge is -2.07. The van der Waals surface area contributed by atoms with Crippen molar-refractivity contribution in [2.24, 2.45) is 7.05 Å². The van der Waals surface area contributed by atoms with Gasteiger partial charge in [0.05, 0.1) is 5.69 Å². The highest BCUT2D eigenvalue weighted by Gasteiger charge is 2.15. The predicted molar refractivity (Wildman–Crippen MR) is 93.9 cm³/mol. The van der Waals surface area contributed by atoms with Gasteiger partial charge in [0.1, 0.15) is 0 Å². The fourth-order valence-corrected chi connectivity index (χ4v) is 3.12. The molecule has 4 heteroatoms. The van der Waals surface area contributed by atoms with Crippen molar-refractivity contribution in [3.63, 3.8) is 0 Å². The number of hydrogen-bond donors (Lipinski definition) is 2. The maximum atomic E-state index is 12.8. The molecule has 0 aliphatic carbocycles. The van der Waals surface area contributed by atoms with E-state index in [1.807, 2.05) is 73.3 Å². The van der Waals surface area contributed by atoms with Gasteiger partial charge in [0.25, 0.3) is 5.91 Å². The lowest BCUT2D eigenvalue weighted by Crippen LogP contribution is -2.12. The largest absolute Gasteiger partial charge is 0.357 e. The molecule has 4 rings (SSSR count). The standard InChI is InChI=1S/C19H17N3O/c1-12-18(15-6-3-4-8-16(15)20-12)21-19(23)14-7-5-9-17-13(14)10-11-22(17)2/h3-11,20H,1-2H3,(H,21,23). The Morgan fingerprint density at radius 2 is 1.87 bits per heavy atom. The van der Waals surface area contributed by atoms with E-state index in [0.29, 0.717) is 5.56 Å². The van der Waals surface area contributed by atoms with E-state index in [4.69, 9.17) is 0 Å². The number of para-hydroxylation sites is 1. The summed E-state index contributed by atoms with van der Waals surface area (Å²) in [7, 11) is 1.98. The van der Waals surface area contributed by atoms with E-state index in [1.165, 1.54) is 0 Å². The van der Waals surface area contributed by atoms with Crippen molar-refractivity contribution in [1.82, 2.24) is 9.55 Å². The molecule has 4 aromatic rings. The second kappa shape index (κ2) is 5.02. The number of aryl methyl sites for hydroxylation is 2. The third kappa shape index (κ3) is 2.11. The molecule has 2 aromatic carbocycles. The minimum atomic E-state index is -0.0883. The van der Waals surface area contributed by atoms with Crippen LogP contribution < -0.4 is 5.32 Å². The van der Waals surface area contributed by atoms with Crippen molar-refractivity contribution in [1.29, 1.82) is 0 Å². The maximum Gasteiger partial charge on any atom is 0.256 e. The molecule has 2 heterocycles.